The van der Waals surface area contributed by atoms with Crippen molar-refractivity contribution in [1.82, 2.24) is 14.9 Å². The monoisotopic (exact) mass is 398 g/mol. The van der Waals surface area contributed by atoms with Gasteiger partial charge in [0.25, 0.3) is 0 Å². The fourth-order valence-corrected chi connectivity index (χ4v) is 2.49. The van der Waals surface area contributed by atoms with Crippen molar-refractivity contribution in [2.75, 3.05) is 20.3 Å². The maximum atomic E-state index is 13.2. The molecule has 0 bridgehead atoms. The Balaban J connectivity index is 0.00000364. The summed E-state index contributed by atoms with van der Waals surface area (Å²) in [4.78, 5) is 9.06. The molecule has 0 N–H and O–H groups in total. The molecule has 0 aliphatic heterocycles. The van der Waals surface area contributed by atoms with E-state index in [0.717, 1.165) is 16.7 Å². The second-order valence-electron chi connectivity index (χ2n) is 6.30. The SMILES string of the molecule is Cc1ccc(-c2cc(CCCN(C)C(F)(F)CF)nc(C#N)n2)cc1C.Cl. The van der Waals surface area contributed by atoms with Gasteiger partial charge in [-0.05, 0) is 57.0 Å². The zero-order valence-electron chi connectivity index (χ0n) is 15.5. The zero-order valence-corrected chi connectivity index (χ0v) is 16.3. The molecular formula is C19H22ClF3N4. The van der Waals surface area contributed by atoms with E-state index in [1.165, 1.54) is 7.05 Å². The van der Waals surface area contributed by atoms with E-state index in [0.29, 0.717) is 29.1 Å². The average molecular weight is 399 g/mol. The average Bonchev–Trinajstić information content (AvgIpc) is 2.63. The standard InChI is InChI=1S/C19H21F3N4.ClH/c1-13-6-7-15(9-14(13)2)17-10-16(24-18(11-23)25-17)5-4-8-26(3)19(21,22)12-20;/h6-7,9-10H,4-5,8,12H2,1-3H3;1H. The van der Waals surface area contributed by atoms with Crippen LogP contribution >= 0.6 is 12.4 Å². The molecule has 8 heteroatoms. The van der Waals surface area contributed by atoms with Crippen molar-refractivity contribution in [1.29, 1.82) is 5.26 Å². The van der Waals surface area contributed by atoms with Crippen molar-refractivity contribution in [3.8, 4) is 17.3 Å². The number of hydrogen-bond acceptors (Lipinski definition) is 4. The molecule has 0 saturated heterocycles. The van der Waals surface area contributed by atoms with Crippen LogP contribution < -0.4 is 0 Å². The van der Waals surface area contributed by atoms with E-state index >= 15 is 0 Å². The summed E-state index contributed by atoms with van der Waals surface area (Å²) in [6.45, 7) is 2.30. The van der Waals surface area contributed by atoms with Gasteiger partial charge in [-0.1, -0.05) is 12.1 Å². The smallest absolute Gasteiger partial charge is 0.245 e. The molecule has 0 aliphatic rings. The van der Waals surface area contributed by atoms with Crippen molar-refractivity contribution in [2.45, 2.75) is 32.7 Å². The summed E-state index contributed by atoms with van der Waals surface area (Å²) in [6.07, 6.45) is 0.752. The molecule has 1 aromatic heterocycles. The Morgan fingerprint density at radius 2 is 1.85 bits per heavy atom. The van der Waals surface area contributed by atoms with Crippen LogP contribution in [0, 0.1) is 25.2 Å². The highest BCUT2D eigenvalue weighted by atomic mass is 35.5. The minimum atomic E-state index is -3.46. The van der Waals surface area contributed by atoms with Gasteiger partial charge in [-0.3, -0.25) is 0 Å². The van der Waals surface area contributed by atoms with Crippen LogP contribution in [0.1, 0.15) is 29.1 Å². The van der Waals surface area contributed by atoms with E-state index in [4.69, 9.17) is 5.26 Å². The molecule has 0 atom stereocenters. The number of hydrogen-bond donors (Lipinski definition) is 0. The van der Waals surface area contributed by atoms with E-state index in [9.17, 15) is 13.2 Å². The predicted octanol–water partition coefficient (Wildman–Crippen LogP) is 4.48. The Hall–Kier alpha value is -2.17. The summed E-state index contributed by atoms with van der Waals surface area (Å²) in [6, 6.07) is 6.12. The summed E-state index contributed by atoms with van der Waals surface area (Å²) in [5, 5.41) is 9.16. The van der Waals surface area contributed by atoms with E-state index in [-0.39, 0.29) is 24.8 Å². The summed E-state index contributed by atoms with van der Waals surface area (Å²) >= 11 is 0. The third kappa shape index (κ3) is 5.91. The first-order valence-corrected chi connectivity index (χ1v) is 8.27. The molecular weight excluding hydrogens is 377 g/mol. The van der Waals surface area contributed by atoms with Crippen LogP contribution in [-0.2, 0) is 6.42 Å². The molecule has 0 aliphatic carbocycles. The largest absolute Gasteiger partial charge is 0.332 e. The van der Waals surface area contributed by atoms with Gasteiger partial charge in [0.05, 0.1) is 5.69 Å². The van der Waals surface area contributed by atoms with Crippen LogP contribution in [0.4, 0.5) is 13.2 Å². The second-order valence-corrected chi connectivity index (χ2v) is 6.30. The summed E-state index contributed by atoms with van der Waals surface area (Å²) in [5.74, 6) is 0.0400. The number of benzene rings is 1. The molecule has 0 unspecified atom stereocenters. The molecule has 0 fully saturated rings. The highest BCUT2D eigenvalue weighted by Gasteiger charge is 2.33. The Morgan fingerprint density at radius 3 is 2.44 bits per heavy atom. The number of rotatable bonds is 7. The molecule has 0 amide bonds. The molecule has 2 aromatic rings. The molecule has 0 radical (unpaired) electrons. The minimum absolute atomic E-state index is 0. The first-order valence-electron chi connectivity index (χ1n) is 8.27. The Kier molecular flexibility index (Phi) is 8.20. The molecule has 4 nitrogen and oxygen atoms in total. The fraction of sp³-hybridized carbons (Fsp3) is 0.421. The maximum Gasteiger partial charge on any atom is 0.332 e. The van der Waals surface area contributed by atoms with Gasteiger partial charge in [0.15, 0.2) is 6.67 Å². The topological polar surface area (TPSA) is 52.8 Å². The third-order valence-electron chi connectivity index (χ3n) is 4.33. The van der Waals surface area contributed by atoms with Crippen molar-refractivity contribution in [3.63, 3.8) is 0 Å². The van der Waals surface area contributed by atoms with Crippen molar-refractivity contribution in [2.24, 2.45) is 0 Å². The molecule has 27 heavy (non-hydrogen) atoms. The Bertz CT molecular complexity index is 821. The summed E-state index contributed by atoms with van der Waals surface area (Å²) in [7, 11) is 1.18. The normalized spacial score (nSPS) is 11.2. The van der Waals surface area contributed by atoms with Gasteiger partial charge in [-0.15, -0.1) is 12.4 Å². The number of aryl methyl sites for hydroxylation is 3. The number of alkyl halides is 3. The van der Waals surface area contributed by atoms with Crippen LogP contribution in [0.5, 0.6) is 0 Å². The van der Waals surface area contributed by atoms with Gasteiger partial charge in [0.1, 0.15) is 6.07 Å². The minimum Gasteiger partial charge on any atom is -0.245 e. The third-order valence-corrected chi connectivity index (χ3v) is 4.33. The molecule has 0 saturated carbocycles. The highest BCUT2D eigenvalue weighted by molar-refractivity contribution is 5.85. The van der Waals surface area contributed by atoms with Crippen LogP contribution in [0.2, 0.25) is 0 Å². The van der Waals surface area contributed by atoms with Crippen molar-refractivity contribution >= 4 is 12.4 Å². The van der Waals surface area contributed by atoms with Gasteiger partial charge < -0.3 is 0 Å². The molecule has 146 valence electrons. The van der Waals surface area contributed by atoms with Gasteiger partial charge >= 0.3 is 6.05 Å². The van der Waals surface area contributed by atoms with E-state index in [1.807, 2.05) is 38.1 Å². The van der Waals surface area contributed by atoms with Gasteiger partial charge in [0, 0.05) is 17.8 Å². The van der Waals surface area contributed by atoms with Crippen molar-refractivity contribution < 1.29 is 13.2 Å². The Labute approximate surface area is 163 Å². The second kappa shape index (κ2) is 9.67. The van der Waals surface area contributed by atoms with Gasteiger partial charge in [-0.25, -0.2) is 19.3 Å². The molecule has 1 heterocycles. The van der Waals surface area contributed by atoms with Crippen LogP contribution in [0.25, 0.3) is 11.3 Å². The molecule has 2 rings (SSSR count). The van der Waals surface area contributed by atoms with Crippen molar-refractivity contribution in [3.05, 3.63) is 46.9 Å². The number of nitrogens with zero attached hydrogens (tertiary/aromatic N) is 4. The highest BCUT2D eigenvalue weighted by Crippen LogP contribution is 2.22. The molecule has 0 spiro atoms. The lowest BCUT2D eigenvalue weighted by molar-refractivity contribution is -0.146. The Morgan fingerprint density at radius 1 is 1.15 bits per heavy atom. The van der Waals surface area contributed by atoms with E-state index in [2.05, 4.69) is 9.97 Å². The number of nitriles is 1. The lowest BCUT2D eigenvalue weighted by Crippen LogP contribution is -2.41. The van der Waals surface area contributed by atoms with Gasteiger partial charge in [-0.2, -0.15) is 14.0 Å². The zero-order chi connectivity index (χ0) is 19.3. The maximum absolute atomic E-state index is 13.2. The van der Waals surface area contributed by atoms with E-state index < -0.39 is 12.7 Å². The quantitative estimate of drug-likeness (QED) is 0.645. The fourth-order valence-electron chi connectivity index (χ4n) is 2.49. The van der Waals surface area contributed by atoms with Crippen LogP contribution in [0.15, 0.2) is 24.3 Å². The van der Waals surface area contributed by atoms with Gasteiger partial charge in [0.2, 0.25) is 5.82 Å². The van der Waals surface area contributed by atoms with Crippen LogP contribution in [-0.4, -0.2) is 41.2 Å². The van der Waals surface area contributed by atoms with Crippen LogP contribution in [0.3, 0.4) is 0 Å². The van der Waals surface area contributed by atoms with E-state index in [1.54, 1.807) is 6.07 Å². The summed E-state index contributed by atoms with van der Waals surface area (Å²) < 4.78 is 38.8. The number of halogens is 4. The lowest BCUT2D eigenvalue weighted by Gasteiger charge is -2.24. The first kappa shape index (κ1) is 22.9. The predicted molar refractivity (Wildman–Crippen MR) is 101 cm³/mol. The molecule has 1 aromatic carbocycles. The first-order chi connectivity index (χ1) is 12.3. The summed E-state index contributed by atoms with van der Waals surface area (Å²) in [5.41, 5.74) is 4.35. The number of aromatic nitrogens is 2. The lowest BCUT2D eigenvalue weighted by atomic mass is 10.0.